The van der Waals surface area contributed by atoms with E-state index in [0.717, 1.165) is 18.5 Å². The number of amides is 1. The van der Waals surface area contributed by atoms with Gasteiger partial charge < -0.3 is 9.32 Å². The second-order valence-corrected chi connectivity index (χ2v) is 4.25. The summed E-state index contributed by atoms with van der Waals surface area (Å²) in [6.07, 6.45) is 4.20. The van der Waals surface area contributed by atoms with Gasteiger partial charge in [-0.2, -0.15) is 0 Å². The van der Waals surface area contributed by atoms with Crippen molar-refractivity contribution in [2.24, 2.45) is 0 Å². The van der Waals surface area contributed by atoms with Crippen LogP contribution in [0.1, 0.15) is 12.0 Å². The lowest BCUT2D eigenvalue weighted by Gasteiger charge is -2.13. The van der Waals surface area contributed by atoms with E-state index in [-0.39, 0.29) is 10.7 Å². The van der Waals surface area contributed by atoms with Crippen LogP contribution in [0.2, 0.25) is 0 Å². The van der Waals surface area contributed by atoms with Gasteiger partial charge in [-0.1, -0.05) is 15.9 Å². The van der Waals surface area contributed by atoms with Crippen molar-refractivity contribution in [2.45, 2.75) is 17.8 Å². The molecule has 2 rings (SSSR count). The average molecular weight is 244 g/mol. The highest BCUT2D eigenvalue weighted by atomic mass is 79.9. The molecule has 3 nitrogen and oxygen atoms in total. The van der Waals surface area contributed by atoms with Gasteiger partial charge in [0.2, 0.25) is 5.91 Å². The topological polar surface area (TPSA) is 33.5 Å². The molecule has 0 bridgehead atoms. The summed E-state index contributed by atoms with van der Waals surface area (Å²) in [4.78, 5) is 13.3. The number of halogens is 1. The fourth-order valence-electron chi connectivity index (χ4n) is 1.46. The van der Waals surface area contributed by atoms with Gasteiger partial charge in [-0.05, 0) is 12.5 Å². The number of hydrogen-bond acceptors (Lipinski definition) is 2. The molecule has 1 aromatic rings. The summed E-state index contributed by atoms with van der Waals surface area (Å²) in [6, 6.07) is 1.88. The predicted octanol–water partition coefficient (Wildman–Crippen LogP) is 1.78. The lowest BCUT2D eigenvalue weighted by Crippen LogP contribution is -2.26. The molecule has 1 aromatic heterocycles. The summed E-state index contributed by atoms with van der Waals surface area (Å²) in [7, 11) is 0. The summed E-state index contributed by atoms with van der Waals surface area (Å²) >= 11 is 3.33. The molecule has 70 valence electrons. The monoisotopic (exact) mass is 243 g/mol. The molecule has 2 heterocycles. The Morgan fingerprint density at radius 2 is 2.54 bits per heavy atom. The van der Waals surface area contributed by atoms with E-state index in [2.05, 4.69) is 15.9 Å². The third-order valence-electron chi connectivity index (χ3n) is 2.19. The van der Waals surface area contributed by atoms with Gasteiger partial charge >= 0.3 is 0 Å². The SMILES string of the molecule is O=C1C(Br)CCN1Cc1ccoc1. The van der Waals surface area contributed by atoms with Crippen molar-refractivity contribution in [1.82, 2.24) is 4.90 Å². The minimum atomic E-state index is 0.0133. The number of carbonyl (C=O) groups is 1. The quantitative estimate of drug-likeness (QED) is 0.743. The smallest absolute Gasteiger partial charge is 0.236 e. The third kappa shape index (κ3) is 1.77. The standard InChI is InChI=1S/C9H10BrNO2/c10-8-1-3-11(9(8)12)5-7-2-4-13-6-7/h2,4,6,8H,1,3,5H2. The molecule has 0 N–H and O–H groups in total. The van der Waals surface area contributed by atoms with Crippen molar-refractivity contribution in [2.75, 3.05) is 6.54 Å². The van der Waals surface area contributed by atoms with Crippen LogP contribution in [0.3, 0.4) is 0 Å². The number of hydrogen-bond donors (Lipinski definition) is 0. The van der Waals surface area contributed by atoms with Gasteiger partial charge in [0.05, 0.1) is 17.4 Å². The van der Waals surface area contributed by atoms with Gasteiger partial charge in [0.1, 0.15) is 0 Å². The zero-order valence-corrected chi connectivity index (χ0v) is 8.66. The highest BCUT2D eigenvalue weighted by molar-refractivity contribution is 9.10. The Morgan fingerprint density at radius 1 is 1.69 bits per heavy atom. The van der Waals surface area contributed by atoms with Crippen molar-refractivity contribution >= 4 is 21.8 Å². The van der Waals surface area contributed by atoms with Crippen LogP contribution >= 0.6 is 15.9 Å². The Kier molecular flexibility index (Phi) is 2.40. The second-order valence-electron chi connectivity index (χ2n) is 3.15. The Balaban J connectivity index is 2.00. The highest BCUT2D eigenvalue weighted by Gasteiger charge is 2.29. The molecule has 0 aliphatic carbocycles. The van der Waals surface area contributed by atoms with Crippen LogP contribution in [0.15, 0.2) is 23.0 Å². The van der Waals surface area contributed by atoms with E-state index in [4.69, 9.17) is 4.42 Å². The minimum Gasteiger partial charge on any atom is -0.472 e. The zero-order valence-electron chi connectivity index (χ0n) is 7.07. The summed E-state index contributed by atoms with van der Waals surface area (Å²) in [6.45, 7) is 1.50. The van der Waals surface area contributed by atoms with Crippen LogP contribution in [0.5, 0.6) is 0 Å². The number of rotatable bonds is 2. The molecule has 0 saturated carbocycles. The second kappa shape index (κ2) is 3.54. The summed E-state index contributed by atoms with van der Waals surface area (Å²) in [5.41, 5.74) is 1.05. The summed E-state index contributed by atoms with van der Waals surface area (Å²) in [5, 5.41) is 0. The molecule has 0 spiro atoms. The molecular weight excluding hydrogens is 234 g/mol. The van der Waals surface area contributed by atoms with E-state index in [0.29, 0.717) is 6.54 Å². The molecular formula is C9H10BrNO2. The summed E-state index contributed by atoms with van der Waals surface area (Å²) in [5.74, 6) is 0.182. The molecule has 1 aliphatic heterocycles. The van der Waals surface area contributed by atoms with Gasteiger partial charge in [0, 0.05) is 18.7 Å². The normalized spacial score (nSPS) is 22.7. The first-order valence-electron chi connectivity index (χ1n) is 4.21. The van der Waals surface area contributed by atoms with Crippen molar-refractivity contribution in [3.8, 4) is 0 Å². The van der Waals surface area contributed by atoms with Crippen molar-refractivity contribution < 1.29 is 9.21 Å². The third-order valence-corrected chi connectivity index (χ3v) is 3.04. The van der Waals surface area contributed by atoms with E-state index in [1.807, 2.05) is 11.0 Å². The van der Waals surface area contributed by atoms with Crippen LogP contribution in [0.4, 0.5) is 0 Å². The first-order valence-corrected chi connectivity index (χ1v) is 5.13. The number of furan rings is 1. The predicted molar refractivity (Wildman–Crippen MR) is 51.5 cm³/mol. The van der Waals surface area contributed by atoms with Crippen LogP contribution < -0.4 is 0 Å². The maximum Gasteiger partial charge on any atom is 0.236 e. The molecule has 13 heavy (non-hydrogen) atoms. The van der Waals surface area contributed by atoms with Crippen molar-refractivity contribution in [1.29, 1.82) is 0 Å². The Morgan fingerprint density at radius 3 is 3.08 bits per heavy atom. The van der Waals surface area contributed by atoms with Crippen LogP contribution in [0.25, 0.3) is 0 Å². The molecule has 1 fully saturated rings. The van der Waals surface area contributed by atoms with Crippen LogP contribution in [-0.2, 0) is 11.3 Å². The van der Waals surface area contributed by atoms with Gasteiger partial charge in [0.15, 0.2) is 0 Å². The fourth-order valence-corrected chi connectivity index (χ4v) is 1.96. The zero-order chi connectivity index (χ0) is 9.26. The van der Waals surface area contributed by atoms with E-state index in [9.17, 15) is 4.79 Å². The minimum absolute atomic E-state index is 0.0133. The van der Waals surface area contributed by atoms with Gasteiger partial charge in [0.25, 0.3) is 0 Å². The molecule has 1 saturated heterocycles. The molecule has 1 aliphatic rings. The fraction of sp³-hybridized carbons (Fsp3) is 0.444. The number of nitrogens with zero attached hydrogens (tertiary/aromatic N) is 1. The first-order chi connectivity index (χ1) is 6.27. The molecule has 1 amide bonds. The van der Waals surface area contributed by atoms with Crippen molar-refractivity contribution in [3.63, 3.8) is 0 Å². The maximum absolute atomic E-state index is 11.5. The Bertz CT molecular complexity index is 297. The van der Waals surface area contributed by atoms with E-state index < -0.39 is 0 Å². The van der Waals surface area contributed by atoms with Gasteiger partial charge in [-0.25, -0.2) is 0 Å². The molecule has 0 radical (unpaired) electrons. The summed E-state index contributed by atoms with van der Waals surface area (Å²) < 4.78 is 4.94. The first kappa shape index (κ1) is 8.81. The maximum atomic E-state index is 11.5. The molecule has 1 atom stereocenters. The average Bonchev–Trinajstić information content (AvgIpc) is 2.71. The van der Waals surface area contributed by atoms with Crippen LogP contribution in [-0.4, -0.2) is 22.2 Å². The largest absolute Gasteiger partial charge is 0.472 e. The lowest BCUT2D eigenvalue weighted by atomic mass is 10.3. The molecule has 0 aromatic carbocycles. The van der Waals surface area contributed by atoms with E-state index in [1.54, 1.807) is 12.5 Å². The van der Waals surface area contributed by atoms with Crippen LogP contribution in [0, 0.1) is 0 Å². The van der Waals surface area contributed by atoms with E-state index >= 15 is 0 Å². The van der Waals surface area contributed by atoms with Gasteiger partial charge in [-0.15, -0.1) is 0 Å². The number of alkyl halides is 1. The van der Waals surface area contributed by atoms with Gasteiger partial charge in [-0.3, -0.25) is 4.79 Å². The molecule has 4 heteroatoms. The lowest BCUT2D eigenvalue weighted by molar-refractivity contribution is -0.127. The Hall–Kier alpha value is -0.770. The number of likely N-dealkylation sites (tertiary alicyclic amines) is 1. The van der Waals surface area contributed by atoms with E-state index in [1.165, 1.54) is 0 Å². The molecule has 1 unspecified atom stereocenters. The highest BCUT2D eigenvalue weighted by Crippen LogP contribution is 2.20. The van der Waals surface area contributed by atoms with Crippen molar-refractivity contribution in [3.05, 3.63) is 24.2 Å². The Labute approximate surface area is 84.8 Å². The number of carbonyl (C=O) groups excluding carboxylic acids is 1.